The monoisotopic (exact) mass is 554 g/mol. The van der Waals surface area contributed by atoms with Crippen LogP contribution in [-0.4, -0.2) is 23.3 Å². The Balaban J connectivity index is 1.24. The van der Waals surface area contributed by atoms with Crippen molar-refractivity contribution in [1.82, 2.24) is 9.99 Å². The Morgan fingerprint density at radius 3 is 2.43 bits per heavy atom. The first-order valence-electron chi connectivity index (χ1n) is 13.6. The van der Waals surface area contributed by atoms with Gasteiger partial charge in [0.05, 0.1) is 30.1 Å². The summed E-state index contributed by atoms with van der Waals surface area (Å²) in [6.07, 6.45) is 1.55. The van der Waals surface area contributed by atoms with Crippen LogP contribution in [0.15, 0.2) is 114 Å². The Kier molecular flexibility index (Phi) is 8.76. The van der Waals surface area contributed by atoms with Crippen LogP contribution in [0.5, 0.6) is 11.5 Å². The van der Waals surface area contributed by atoms with Crippen molar-refractivity contribution in [3.63, 3.8) is 0 Å². The standard InChI is InChI=1S/C35H30N4O3/c1-3-41-34-21-26(14-20-33(34)42-24-30-12-8-7-11-29(30)22-36)23-37-38-35(40)28-15-17-31(18-16-28)39-25(2)13-19-32(39)27-9-5-4-6-10-27/h4-21,23H,3,24H2,1-2H3,(H,38,40)/b37-23+. The highest BCUT2D eigenvalue weighted by Crippen LogP contribution is 2.29. The molecule has 0 aliphatic rings. The summed E-state index contributed by atoms with van der Waals surface area (Å²) in [7, 11) is 0. The minimum absolute atomic E-state index is 0.240. The van der Waals surface area contributed by atoms with Crippen molar-refractivity contribution < 1.29 is 14.3 Å². The zero-order valence-electron chi connectivity index (χ0n) is 23.5. The van der Waals surface area contributed by atoms with Gasteiger partial charge in [0, 0.05) is 22.5 Å². The van der Waals surface area contributed by atoms with Gasteiger partial charge in [-0.15, -0.1) is 0 Å². The minimum atomic E-state index is -0.313. The third kappa shape index (κ3) is 6.40. The first kappa shape index (κ1) is 27.9. The number of carbonyl (C=O) groups is 1. The van der Waals surface area contributed by atoms with Crippen molar-refractivity contribution in [1.29, 1.82) is 5.26 Å². The van der Waals surface area contributed by atoms with Crippen molar-refractivity contribution in [3.8, 4) is 34.5 Å². The second-order valence-corrected chi connectivity index (χ2v) is 9.50. The molecule has 0 unspecified atom stereocenters. The smallest absolute Gasteiger partial charge is 0.271 e. The Hall–Kier alpha value is -5.61. The van der Waals surface area contributed by atoms with Crippen LogP contribution in [0.2, 0.25) is 0 Å². The summed E-state index contributed by atoms with van der Waals surface area (Å²) in [5, 5.41) is 13.5. The molecule has 0 atom stereocenters. The lowest BCUT2D eigenvalue weighted by atomic mass is 10.1. The molecular formula is C35H30N4O3. The van der Waals surface area contributed by atoms with Gasteiger partial charge in [0.25, 0.3) is 5.91 Å². The van der Waals surface area contributed by atoms with Gasteiger partial charge in [-0.05, 0) is 85.6 Å². The van der Waals surface area contributed by atoms with Crippen LogP contribution in [0.1, 0.15) is 39.7 Å². The van der Waals surface area contributed by atoms with E-state index >= 15 is 0 Å². The molecule has 1 N–H and O–H groups in total. The summed E-state index contributed by atoms with van der Waals surface area (Å²) in [6.45, 7) is 4.64. The van der Waals surface area contributed by atoms with E-state index in [4.69, 9.17) is 9.47 Å². The molecule has 1 amide bonds. The number of hydrogen-bond donors (Lipinski definition) is 1. The fraction of sp³-hybridized carbons (Fsp3) is 0.114. The number of rotatable bonds is 10. The molecular weight excluding hydrogens is 524 g/mol. The molecule has 0 bridgehead atoms. The van der Waals surface area contributed by atoms with Gasteiger partial charge in [0.15, 0.2) is 11.5 Å². The first-order chi connectivity index (χ1) is 20.6. The number of hydrazone groups is 1. The van der Waals surface area contributed by atoms with E-state index in [2.05, 4.69) is 52.4 Å². The fourth-order valence-corrected chi connectivity index (χ4v) is 4.61. The number of nitrogens with zero attached hydrogens (tertiary/aromatic N) is 3. The fourth-order valence-electron chi connectivity index (χ4n) is 4.61. The van der Waals surface area contributed by atoms with Crippen LogP contribution in [0.4, 0.5) is 0 Å². The lowest BCUT2D eigenvalue weighted by Crippen LogP contribution is -2.17. The summed E-state index contributed by atoms with van der Waals surface area (Å²) in [6, 6.07) is 36.7. The first-order valence-corrected chi connectivity index (χ1v) is 13.6. The minimum Gasteiger partial charge on any atom is -0.490 e. The average molecular weight is 555 g/mol. The summed E-state index contributed by atoms with van der Waals surface area (Å²) < 4.78 is 13.9. The predicted octanol–water partition coefficient (Wildman–Crippen LogP) is 7.07. The van der Waals surface area contributed by atoms with E-state index in [0.29, 0.717) is 29.2 Å². The molecule has 4 aromatic carbocycles. The maximum atomic E-state index is 12.8. The van der Waals surface area contributed by atoms with E-state index in [-0.39, 0.29) is 12.5 Å². The average Bonchev–Trinajstić information content (AvgIpc) is 3.42. The highest BCUT2D eigenvalue weighted by atomic mass is 16.5. The molecule has 5 aromatic rings. The molecule has 1 heterocycles. The molecule has 42 heavy (non-hydrogen) atoms. The van der Waals surface area contributed by atoms with Crippen LogP contribution < -0.4 is 14.9 Å². The van der Waals surface area contributed by atoms with Crippen LogP contribution in [0, 0.1) is 18.3 Å². The van der Waals surface area contributed by atoms with Crippen LogP contribution in [0.25, 0.3) is 16.9 Å². The summed E-state index contributed by atoms with van der Waals surface area (Å²) in [5.74, 6) is 0.790. The Morgan fingerprint density at radius 1 is 0.905 bits per heavy atom. The van der Waals surface area contributed by atoms with E-state index in [1.165, 1.54) is 0 Å². The topological polar surface area (TPSA) is 88.6 Å². The van der Waals surface area contributed by atoms with Crippen molar-refractivity contribution in [2.75, 3.05) is 6.61 Å². The number of aryl methyl sites for hydroxylation is 1. The Labute approximate surface area is 245 Å². The van der Waals surface area contributed by atoms with Crippen molar-refractivity contribution >= 4 is 12.1 Å². The quantitative estimate of drug-likeness (QED) is 0.148. The number of nitriles is 1. The molecule has 0 radical (unpaired) electrons. The number of benzene rings is 4. The number of hydrogen-bond acceptors (Lipinski definition) is 5. The SMILES string of the molecule is CCOc1cc(/C=N/NC(=O)c2ccc(-n3c(C)ccc3-c3ccccc3)cc2)ccc1OCc1ccccc1C#N. The van der Waals surface area contributed by atoms with Crippen LogP contribution >= 0.6 is 0 Å². The van der Waals surface area contributed by atoms with Gasteiger partial charge < -0.3 is 14.0 Å². The van der Waals surface area contributed by atoms with Crippen molar-refractivity contribution in [2.24, 2.45) is 5.10 Å². The predicted molar refractivity (Wildman–Crippen MR) is 164 cm³/mol. The molecule has 208 valence electrons. The molecule has 0 spiro atoms. The van der Waals surface area contributed by atoms with Gasteiger partial charge in [0.2, 0.25) is 0 Å². The van der Waals surface area contributed by atoms with Gasteiger partial charge >= 0.3 is 0 Å². The summed E-state index contributed by atoms with van der Waals surface area (Å²) in [4.78, 5) is 12.8. The Bertz CT molecular complexity index is 1750. The van der Waals surface area contributed by atoms with Crippen molar-refractivity contribution in [3.05, 3.63) is 137 Å². The van der Waals surface area contributed by atoms with E-state index in [9.17, 15) is 10.1 Å². The van der Waals surface area contributed by atoms with Crippen LogP contribution in [0.3, 0.4) is 0 Å². The Morgan fingerprint density at radius 2 is 1.67 bits per heavy atom. The second-order valence-electron chi connectivity index (χ2n) is 9.50. The van der Waals surface area contributed by atoms with E-state index < -0.39 is 0 Å². The lowest BCUT2D eigenvalue weighted by Gasteiger charge is -2.13. The number of amides is 1. The van der Waals surface area contributed by atoms with E-state index in [1.807, 2.05) is 61.5 Å². The van der Waals surface area contributed by atoms with E-state index in [0.717, 1.165) is 33.8 Å². The van der Waals surface area contributed by atoms with Gasteiger partial charge in [-0.3, -0.25) is 4.79 Å². The largest absolute Gasteiger partial charge is 0.490 e. The summed E-state index contributed by atoms with van der Waals surface area (Å²) >= 11 is 0. The normalized spacial score (nSPS) is 10.8. The number of nitrogens with one attached hydrogen (secondary N) is 1. The molecule has 5 rings (SSSR count). The van der Waals surface area contributed by atoms with Crippen LogP contribution in [-0.2, 0) is 6.61 Å². The lowest BCUT2D eigenvalue weighted by molar-refractivity contribution is 0.0955. The zero-order chi connectivity index (χ0) is 29.3. The number of aromatic nitrogens is 1. The van der Waals surface area contributed by atoms with Crippen molar-refractivity contribution in [2.45, 2.75) is 20.5 Å². The highest BCUT2D eigenvalue weighted by molar-refractivity contribution is 5.95. The maximum absolute atomic E-state index is 12.8. The van der Waals surface area contributed by atoms with E-state index in [1.54, 1.807) is 36.5 Å². The van der Waals surface area contributed by atoms with Gasteiger partial charge in [-0.2, -0.15) is 10.4 Å². The summed E-state index contributed by atoms with van der Waals surface area (Å²) in [5.41, 5.74) is 9.48. The second kappa shape index (κ2) is 13.2. The highest BCUT2D eigenvalue weighted by Gasteiger charge is 2.12. The molecule has 0 saturated carbocycles. The van der Waals surface area contributed by atoms with Gasteiger partial charge in [0.1, 0.15) is 6.61 Å². The molecule has 1 aromatic heterocycles. The molecule has 7 heteroatoms. The zero-order valence-corrected chi connectivity index (χ0v) is 23.5. The van der Waals surface area contributed by atoms with Gasteiger partial charge in [-0.1, -0.05) is 48.5 Å². The molecule has 0 aliphatic carbocycles. The molecule has 7 nitrogen and oxygen atoms in total. The maximum Gasteiger partial charge on any atom is 0.271 e. The molecule has 0 saturated heterocycles. The van der Waals surface area contributed by atoms with Gasteiger partial charge in [-0.25, -0.2) is 5.43 Å². The molecule has 0 fully saturated rings. The number of carbonyl (C=O) groups excluding carboxylic acids is 1. The third-order valence-electron chi connectivity index (χ3n) is 6.70. The third-order valence-corrected chi connectivity index (χ3v) is 6.70. The molecule has 0 aliphatic heterocycles. The number of ether oxygens (including phenoxy) is 2.